The fourth-order valence-corrected chi connectivity index (χ4v) is 2.36. The van der Waals surface area contributed by atoms with E-state index in [9.17, 15) is 4.79 Å². The molecule has 0 atom stereocenters. The van der Waals surface area contributed by atoms with Gasteiger partial charge in [0.15, 0.2) is 5.13 Å². The van der Waals surface area contributed by atoms with Crippen molar-refractivity contribution in [3.63, 3.8) is 0 Å². The van der Waals surface area contributed by atoms with Crippen LogP contribution < -0.4 is 10.1 Å². The summed E-state index contributed by atoms with van der Waals surface area (Å²) in [5, 5.41) is 3.37. The van der Waals surface area contributed by atoms with Gasteiger partial charge in [0.1, 0.15) is 0 Å². The van der Waals surface area contributed by atoms with Crippen LogP contribution in [0.5, 0.6) is 5.88 Å². The molecule has 0 aliphatic heterocycles. The predicted molar refractivity (Wildman–Crippen MR) is 77.3 cm³/mol. The number of thiazole rings is 1. The second-order valence-corrected chi connectivity index (χ2v) is 6.10. The third kappa shape index (κ3) is 3.33. The van der Waals surface area contributed by atoms with Gasteiger partial charge in [-0.25, -0.2) is 9.97 Å². The lowest BCUT2D eigenvalue weighted by molar-refractivity contribution is 0.102. The van der Waals surface area contributed by atoms with Gasteiger partial charge in [-0.2, -0.15) is 0 Å². The van der Waals surface area contributed by atoms with Crippen molar-refractivity contribution in [3.05, 3.63) is 35.0 Å². The summed E-state index contributed by atoms with van der Waals surface area (Å²) in [7, 11) is 0. The number of nitrogens with zero attached hydrogens (tertiary/aromatic N) is 2. The second kappa shape index (κ2) is 5.58. The number of rotatable bonds is 5. The number of carbonyl (C=O) groups is 1. The van der Waals surface area contributed by atoms with Gasteiger partial charge in [-0.15, -0.1) is 11.3 Å². The Kier molecular flexibility index (Phi) is 3.64. The van der Waals surface area contributed by atoms with Crippen LogP contribution in [0.4, 0.5) is 5.13 Å². The van der Waals surface area contributed by atoms with E-state index in [-0.39, 0.29) is 5.91 Å². The number of carbonyl (C=O) groups excluding carboxylic acids is 1. The molecule has 6 heteroatoms. The standard InChI is InChI=1S/C14H15N3O2S/c1-9-7-16-14(20-9)17-13(18)11-4-5-15-12(6-11)19-8-10-2-3-10/h4-7,10H,2-3,8H2,1H3,(H,16,17,18). The number of aromatic nitrogens is 2. The molecular formula is C14H15N3O2S. The van der Waals surface area contributed by atoms with Gasteiger partial charge in [0.25, 0.3) is 5.91 Å². The van der Waals surface area contributed by atoms with E-state index >= 15 is 0 Å². The van der Waals surface area contributed by atoms with Gasteiger partial charge < -0.3 is 4.74 Å². The van der Waals surface area contributed by atoms with Crippen LogP contribution in [0, 0.1) is 12.8 Å². The summed E-state index contributed by atoms with van der Waals surface area (Å²) < 4.78 is 5.57. The molecule has 0 saturated heterocycles. The molecule has 2 aromatic heterocycles. The van der Waals surface area contributed by atoms with E-state index < -0.39 is 0 Å². The van der Waals surface area contributed by atoms with Gasteiger partial charge in [0.2, 0.25) is 5.88 Å². The zero-order chi connectivity index (χ0) is 13.9. The average molecular weight is 289 g/mol. The highest BCUT2D eigenvalue weighted by molar-refractivity contribution is 7.15. The first-order valence-electron chi connectivity index (χ1n) is 6.53. The molecule has 0 radical (unpaired) electrons. The molecule has 0 unspecified atom stereocenters. The largest absolute Gasteiger partial charge is 0.477 e. The molecule has 3 rings (SSSR count). The fourth-order valence-electron chi connectivity index (χ4n) is 1.70. The third-order valence-corrected chi connectivity index (χ3v) is 3.83. The lowest BCUT2D eigenvalue weighted by Crippen LogP contribution is -2.12. The zero-order valence-corrected chi connectivity index (χ0v) is 11.9. The number of ether oxygens (including phenoxy) is 1. The van der Waals surface area contributed by atoms with E-state index in [1.165, 1.54) is 24.2 Å². The van der Waals surface area contributed by atoms with Crippen molar-refractivity contribution in [2.24, 2.45) is 5.92 Å². The molecule has 0 bridgehead atoms. The summed E-state index contributed by atoms with van der Waals surface area (Å²) >= 11 is 1.45. The molecule has 1 aliphatic rings. The maximum atomic E-state index is 12.1. The van der Waals surface area contributed by atoms with Crippen LogP contribution >= 0.6 is 11.3 Å². The van der Waals surface area contributed by atoms with Crippen molar-refractivity contribution in [1.82, 2.24) is 9.97 Å². The first-order chi connectivity index (χ1) is 9.70. The lowest BCUT2D eigenvalue weighted by atomic mass is 10.2. The normalized spacial score (nSPS) is 14.1. The molecule has 20 heavy (non-hydrogen) atoms. The van der Waals surface area contributed by atoms with Crippen molar-refractivity contribution in [2.75, 3.05) is 11.9 Å². The molecule has 1 aliphatic carbocycles. The molecule has 2 aromatic rings. The Morgan fingerprint density at radius 3 is 3.05 bits per heavy atom. The Morgan fingerprint density at radius 2 is 2.35 bits per heavy atom. The summed E-state index contributed by atoms with van der Waals surface area (Å²) in [6.07, 6.45) is 5.77. The Balaban J connectivity index is 1.65. The van der Waals surface area contributed by atoms with E-state index in [0.29, 0.717) is 29.1 Å². The quantitative estimate of drug-likeness (QED) is 0.919. The van der Waals surface area contributed by atoms with Crippen molar-refractivity contribution in [1.29, 1.82) is 0 Å². The van der Waals surface area contributed by atoms with Crippen molar-refractivity contribution in [2.45, 2.75) is 19.8 Å². The van der Waals surface area contributed by atoms with Crippen LogP contribution in [0.15, 0.2) is 24.5 Å². The number of pyridine rings is 1. The molecule has 0 aromatic carbocycles. The highest BCUT2D eigenvalue weighted by Gasteiger charge is 2.22. The number of anilines is 1. The highest BCUT2D eigenvalue weighted by Crippen LogP contribution is 2.29. The van der Waals surface area contributed by atoms with Crippen LogP contribution in [0.1, 0.15) is 28.1 Å². The van der Waals surface area contributed by atoms with Crippen LogP contribution in [0.2, 0.25) is 0 Å². The van der Waals surface area contributed by atoms with Crippen molar-refractivity contribution < 1.29 is 9.53 Å². The van der Waals surface area contributed by atoms with Crippen molar-refractivity contribution >= 4 is 22.4 Å². The van der Waals surface area contributed by atoms with E-state index in [2.05, 4.69) is 15.3 Å². The van der Waals surface area contributed by atoms with Gasteiger partial charge in [0, 0.05) is 28.9 Å². The third-order valence-electron chi connectivity index (χ3n) is 3.00. The first kappa shape index (κ1) is 13.1. The van der Waals surface area contributed by atoms with E-state index in [1.54, 1.807) is 24.5 Å². The number of aryl methyl sites for hydroxylation is 1. The van der Waals surface area contributed by atoms with Gasteiger partial charge in [-0.1, -0.05) is 0 Å². The first-order valence-corrected chi connectivity index (χ1v) is 7.35. The van der Waals surface area contributed by atoms with Crippen LogP contribution in [-0.2, 0) is 0 Å². The SMILES string of the molecule is Cc1cnc(NC(=O)c2ccnc(OCC3CC3)c2)s1. The van der Waals surface area contributed by atoms with Crippen LogP contribution in [0.25, 0.3) is 0 Å². The van der Waals surface area contributed by atoms with Crippen LogP contribution in [0.3, 0.4) is 0 Å². The van der Waals surface area contributed by atoms with Gasteiger partial charge in [-0.3, -0.25) is 10.1 Å². The van der Waals surface area contributed by atoms with E-state index in [1.807, 2.05) is 6.92 Å². The monoisotopic (exact) mass is 289 g/mol. The Bertz CT molecular complexity index is 622. The van der Waals surface area contributed by atoms with Gasteiger partial charge in [0.05, 0.1) is 6.61 Å². The molecule has 2 heterocycles. The van der Waals surface area contributed by atoms with Crippen LogP contribution in [-0.4, -0.2) is 22.5 Å². The Labute approximate surface area is 121 Å². The fraction of sp³-hybridized carbons (Fsp3) is 0.357. The maximum Gasteiger partial charge on any atom is 0.257 e. The molecule has 0 spiro atoms. The second-order valence-electron chi connectivity index (χ2n) is 4.87. The summed E-state index contributed by atoms with van der Waals surface area (Å²) in [6, 6.07) is 3.33. The number of hydrogen-bond donors (Lipinski definition) is 1. The minimum atomic E-state index is -0.196. The average Bonchev–Trinajstić information content (AvgIpc) is 3.19. The van der Waals surface area contributed by atoms with Crippen molar-refractivity contribution in [3.8, 4) is 5.88 Å². The maximum absolute atomic E-state index is 12.1. The number of hydrogen-bond acceptors (Lipinski definition) is 5. The summed E-state index contributed by atoms with van der Waals surface area (Å²) in [5.74, 6) is 0.963. The minimum absolute atomic E-state index is 0.196. The zero-order valence-electron chi connectivity index (χ0n) is 11.1. The molecule has 104 valence electrons. The van der Waals surface area contributed by atoms with E-state index in [4.69, 9.17) is 4.74 Å². The summed E-state index contributed by atoms with van der Waals surface area (Å²) in [6.45, 7) is 2.63. The molecular weight excluding hydrogens is 274 g/mol. The summed E-state index contributed by atoms with van der Waals surface area (Å²) in [4.78, 5) is 21.4. The molecule has 1 N–H and O–H groups in total. The Hall–Kier alpha value is -1.95. The summed E-state index contributed by atoms with van der Waals surface area (Å²) in [5.41, 5.74) is 0.527. The molecule has 1 amide bonds. The highest BCUT2D eigenvalue weighted by atomic mass is 32.1. The number of amides is 1. The molecule has 1 saturated carbocycles. The minimum Gasteiger partial charge on any atom is -0.477 e. The molecule has 5 nitrogen and oxygen atoms in total. The number of nitrogens with one attached hydrogen (secondary N) is 1. The predicted octanol–water partition coefficient (Wildman–Crippen LogP) is 2.89. The lowest BCUT2D eigenvalue weighted by Gasteiger charge is -2.06. The topological polar surface area (TPSA) is 64.1 Å². The smallest absolute Gasteiger partial charge is 0.257 e. The van der Waals surface area contributed by atoms with Gasteiger partial charge in [-0.05, 0) is 31.7 Å². The Morgan fingerprint density at radius 1 is 1.50 bits per heavy atom. The van der Waals surface area contributed by atoms with E-state index in [0.717, 1.165) is 4.88 Å². The van der Waals surface area contributed by atoms with Gasteiger partial charge >= 0.3 is 0 Å². The molecule has 1 fully saturated rings.